The van der Waals surface area contributed by atoms with Crippen LogP contribution in [-0.2, 0) is 10.0 Å². The number of halogens is 3. The van der Waals surface area contributed by atoms with E-state index < -0.39 is 49.3 Å². The molecule has 12 heteroatoms. The van der Waals surface area contributed by atoms with Gasteiger partial charge in [-0.3, -0.25) is 9.52 Å². The van der Waals surface area contributed by atoms with Gasteiger partial charge in [-0.05, 0) is 30.3 Å². The summed E-state index contributed by atoms with van der Waals surface area (Å²) in [4.78, 5) is 19.1. The molecule has 33 heavy (non-hydrogen) atoms. The van der Waals surface area contributed by atoms with Crippen molar-refractivity contribution in [2.24, 2.45) is 0 Å². The number of hydrogen-bond donors (Lipinski definition) is 3. The van der Waals surface area contributed by atoms with Crippen LogP contribution in [0.5, 0.6) is 11.5 Å². The number of ketones is 1. The lowest BCUT2D eigenvalue weighted by molar-refractivity contribution is 0.103. The zero-order chi connectivity index (χ0) is 23.9. The molecule has 0 unspecified atom stereocenters. The van der Waals surface area contributed by atoms with Crippen LogP contribution in [0.2, 0.25) is 5.02 Å². The predicted octanol–water partition coefficient (Wildman–Crippen LogP) is 4.24. The summed E-state index contributed by atoms with van der Waals surface area (Å²) >= 11 is 5.91. The van der Waals surface area contributed by atoms with E-state index in [1.807, 2.05) is 4.72 Å². The van der Waals surface area contributed by atoms with Crippen molar-refractivity contribution in [2.45, 2.75) is 4.90 Å². The molecule has 0 atom stereocenters. The largest absolute Gasteiger partial charge is 0.506 e. The van der Waals surface area contributed by atoms with Gasteiger partial charge < -0.3 is 14.8 Å². The molecule has 0 aliphatic carbocycles. The number of aromatic nitrogens is 2. The number of carbonyl (C=O) groups excluding carboxylic acids is 1. The Morgan fingerprint density at radius 1 is 1.21 bits per heavy atom. The standard InChI is InChI=1S/C21H14ClF2N3O5S/c1-32-11-2-5-17(16(28)7-11)33(30,31)27-15-4-3-14(23)18(19(15)24)20(29)13-9-26-21-12(13)6-10(22)8-25-21/h2-9,27-28H,1H3,(H,25,26). The Morgan fingerprint density at radius 2 is 1.97 bits per heavy atom. The van der Waals surface area contributed by atoms with Gasteiger partial charge in [-0.1, -0.05) is 11.6 Å². The van der Waals surface area contributed by atoms with Gasteiger partial charge in [-0.2, -0.15) is 0 Å². The molecule has 2 heterocycles. The number of fused-ring (bicyclic) bond motifs is 1. The van der Waals surface area contributed by atoms with E-state index in [4.69, 9.17) is 16.3 Å². The summed E-state index contributed by atoms with van der Waals surface area (Å²) in [7, 11) is -3.18. The van der Waals surface area contributed by atoms with Gasteiger partial charge in [0.1, 0.15) is 27.9 Å². The Kier molecular flexibility index (Phi) is 5.68. The van der Waals surface area contributed by atoms with E-state index in [1.165, 1.54) is 31.6 Å². The lowest BCUT2D eigenvalue weighted by atomic mass is 10.0. The number of benzene rings is 2. The van der Waals surface area contributed by atoms with Crippen molar-refractivity contribution in [2.75, 3.05) is 11.8 Å². The van der Waals surface area contributed by atoms with E-state index >= 15 is 4.39 Å². The van der Waals surface area contributed by atoms with Crippen LogP contribution in [0.4, 0.5) is 14.5 Å². The number of phenolic OH excluding ortho intramolecular Hbond substituents is 1. The van der Waals surface area contributed by atoms with E-state index in [0.717, 1.165) is 24.3 Å². The van der Waals surface area contributed by atoms with E-state index in [0.29, 0.717) is 0 Å². The number of ether oxygens (including phenoxy) is 1. The second-order valence-electron chi connectivity index (χ2n) is 6.80. The number of methoxy groups -OCH3 is 1. The molecule has 0 fully saturated rings. The monoisotopic (exact) mass is 493 g/mol. The molecule has 0 saturated carbocycles. The maximum Gasteiger partial charge on any atom is 0.265 e. The third-order valence-corrected chi connectivity index (χ3v) is 6.38. The number of carbonyl (C=O) groups is 1. The molecule has 8 nitrogen and oxygen atoms in total. The van der Waals surface area contributed by atoms with Crippen molar-refractivity contribution in [1.82, 2.24) is 9.97 Å². The number of nitrogens with zero attached hydrogens (tertiary/aromatic N) is 1. The highest BCUT2D eigenvalue weighted by Gasteiger charge is 2.27. The van der Waals surface area contributed by atoms with Crippen molar-refractivity contribution in [3.05, 3.63) is 76.6 Å². The van der Waals surface area contributed by atoms with Crippen LogP contribution in [0.25, 0.3) is 11.0 Å². The third-order valence-electron chi connectivity index (χ3n) is 4.76. The highest BCUT2D eigenvalue weighted by atomic mass is 35.5. The fourth-order valence-electron chi connectivity index (χ4n) is 3.19. The van der Waals surface area contributed by atoms with Gasteiger partial charge in [0.15, 0.2) is 5.82 Å². The first-order valence-corrected chi connectivity index (χ1v) is 11.0. The SMILES string of the molecule is COc1ccc(S(=O)(=O)Nc2ccc(F)c(C(=O)c3c[nH]c4ncc(Cl)cc34)c2F)c(O)c1. The predicted molar refractivity (Wildman–Crippen MR) is 116 cm³/mol. The van der Waals surface area contributed by atoms with Crippen molar-refractivity contribution < 1.29 is 31.8 Å². The average Bonchev–Trinajstić information content (AvgIpc) is 3.18. The van der Waals surface area contributed by atoms with Crippen LogP contribution in [-0.4, -0.2) is 36.4 Å². The minimum absolute atomic E-state index is 0.106. The lowest BCUT2D eigenvalue weighted by Gasteiger charge is -2.13. The third kappa shape index (κ3) is 4.08. The number of anilines is 1. The molecule has 170 valence electrons. The van der Waals surface area contributed by atoms with Crippen LogP contribution in [0, 0.1) is 11.6 Å². The van der Waals surface area contributed by atoms with Gasteiger partial charge in [0.2, 0.25) is 5.78 Å². The molecule has 0 bridgehead atoms. The number of rotatable bonds is 6. The van der Waals surface area contributed by atoms with Crippen molar-refractivity contribution in [1.29, 1.82) is 0 Å². The number of aromatic hydroxyl groups is 1. The normalized spacial score (nSPS) is 11.5. The van der Waals surface area contributed by atoms with Crippen LogP contribution < -0.4 is 9.46 Å². The van der Waals surface area contributed by atoms with Crippen molar-refractivity contribution >= 4 is 44.1 Å². The van der Waals surface area contributed by atoms with Crippen LogP contribution in [0.1, 0.15) is 15.9 Å². The molecule has 4 rings (SSSR count). The lowest BCUT2D eigenvalue weighted by Crippen LogP contribution is -2.16. The number of sulfonamides is 1. The minimum Gasteiger partial charge on any atom is -0.506 e. The van der Waals surface area contributed by atoms with Gasteiger partial charge >= 0.3 is 0 Å². The molecule has 3 N–H and O–H groups in total. The molecule has 0 radical (unpaired) electrons. The summed E-state index contributed by atoms with van der Waals surface area (Å²) in [5.41, 5.74) is -1.50. The number of H-pyrrole nitrogens is 1. The second kappa shape index (κ2) is 8.34. The highest BCUT2D eigenvalue weighted by Crippen LogP contribution is 2.32. The Hall–Kier alpha value is -3.70. The average molecular weight is 494 g/mol. The zero-order valence-corrected chi connectivity index (χ0v) is 18.3. The van der Waals surface area contributed by atoms with Gasteiger partial charge in [0.25, 0.3) is 10.0 Å². The van der Waals surface area contributed by atoms with Gasteiger partial charge in [0.05, 0.1) is 23.4 Å². The van der Waals surface area contributed by atoms with E-state index in [9.17, 15) is 22.7 Å². The number of pyridine rings is 1. The van der Waals surface area contributed by atoms with Gasteiger partial charge in [-0.25, -0.2) is 22.2 Å². The Morgan fingerprint density at radius 3 is 2.67 bits per heavy atom. The van der Waals surface area contributed by atoms with Crippen LogP contribution in [0.3, 0.4) is 0 Å². The molecule has 0 aliphatic rings. The summed E-state index contributed by atoms with van der Waals surface area (Å²) in [6.45, 7) is 0. The summed E-state index contributed by atoms with van der Waals surface area (Å²) in [6.07, 6.45) is 2.56. The fraction of sp³-hybridized carbons (Fsp3) is 0.0476. The molecular formula is C21H14ClF2N3O5S. The van der Waals surface area contributed by atoms with Crippen LogP contribution >= 0.6 is 11.6 Å². The quantitative estimate of drug-likeness (QED) is 0.345. The number of hydrogen-bond acceptors (Lipinski definition) is 6. The molecule has 0 spiro atoms. The van der Waals surface area contributed by atoms with Crippen molar-refractivity contribution in [3.63, 3.8) is 0 Å². The van der Waals surface area contributed by atoms with E-state index in [1.54, 1.807) is 0 Å². The first kappa shape index (κ1) is 22.5. The molecule has 0 amide bonds. The summed E-state index contributed by atoms with van der Waals surface area (Å²) in [5, 5.41) is 10.5. The molecular weight excluding hydrogens is 480 g/mol. The maximum absolute atomic E-state index is 15.2. The molecule has 0 saturated heterocycles. The Bertz CT molecular complexity index is 1520. The zero-order valence-electron chi connectivity index (χ0n) is 16.7. The van der Waals surface area contributed by atoms with Gasteiger partial charge in [-0.15, -0.1) is 0 Å². The topological polar surface area (TPSA) is 121 Å². The summed E-state index contributed by atoms with van der Waals surface area (Å²) in [6, 6.07) is 6.37. The number of nitrogens with one attached hydrogen (secondary N) is 2. The Balaban J connectivity index is 1.76. The summed E-state index contributed by atoms with van der Waals surface area (Å²) < 4.78 is 61.9. The molecule has 2 aromatic heterocycles. The number of aromatic amines is 1. The molecule has 0 aliphatic heterocycles. The maximum atomic E-state index is 15.2. The number of phenols is 1. The smallest absolute Gasteiger partial charge is 0.265 e. The van der Waals surface area contributed by atoms with E-state index in [2.05, 4.69) is 9.97 Å². The minimum atomic E-state index is -4.50. The fourth-order valence-corrected chi connectivity index (χ4v) is 4.49. The molecule has 4 aromatic rings. The highest BCUT2D eigenvalue weighted by molar-refractivity contribution is 7.92. The summed E-state index contributed by atoms with van der Waals surface area (Å²) in [5.74, 6) is -4.13. The first-order valence-electron chi connectivity index (χ1n) is 9.17. The van der Waals surface area contributed by atoms with Crippen LogP contribution in [0.15, 0.2) is 53.7 Å². The first-order chi connectivity index (χ1) is 15.6. The second-order valence-corrected chi connectivity index (χ2v) is 8.89. The molecule has 2 aromatic carbocycles. The Labute approximate surface area is 190 Å². The van der Waals surface area contributed by atoms with Crippen molar-refractivity contribution in [3.8, 4) is 11.5 Å². The van der Waals surface area contributed by atoms with E-state index in [-0.39, 0.29) is 27.4 Å². The van der Waals surface area contributed by atoms with Gasteiger partial charge in [0, 0.05) is 29.4 Å².